The summed E-state index contributed by atoms with van der Waals surface area (Å²) in [7, 11) is 0. The Bertz CT molecular complexity index is 609. The molecule has 1 N–H and O–H groups in total. The van der Waals surface area contributed by atoms with Crippen LogP contribution in [0.3, 0.4) is 0 Å². The maximum atomic E-state index is 13.2. The molecule has 1 amide bonds. The lowest BCUT2D eigenvalue weighted by atomic mass is 9.97. The summed E-state index contributed by atoms with van der Waals surface area (Å²) in [6.45, 7) is 5.08. The molecule has 1 atom stereocenters. The Kier molecular flexibility index (Phi) is 5.30. The minimum Gasteiger partial charge on any atom is -0.352 e. The molecule has 1 spiro atoms. The molecule has 0 aromatic heterocycles. The highest BCUT2D eigenvalue weighted by molar-refractivity contribution is 5.83. The number of benzene rings is 1. The van der Waals surface area contributed by atoms with Gasteiger partial charge < -0.3 is 14.8 Å². The first-order chi connectivity index (χ1) is 12.7. The zero-order valence-electron chi connectivity index (χ0n) is 15.7. The van der Waals surface area contributed by atoms with Gasteiger partial charge in [-0.1, -0.05) is 42.7 Å². The number of nitrogens with zero attached hydrogens (tertiary/aromatic N) is 1. The van der Waals surface area contributed by atoms with Crippen molar-refractivity contribution < 1.29 is 14.3 Å². The number of likely N-dealkylation sites (tertiary alicyclic amines) is 1. The number of amides is 1. The van der Waals surface area contributed by atoms with Gasteiger partial charge >= 0.3 is 0 Å². The molecule has 1 aromatic rings. The number of piperidine rings is 1. The van der Waals surface area contributed by atoms with E-state index in [1.54, 1.807) is 0 Å². The van der Waals surface area contributed by atoms with E-state index in [4.69, 9.17) is 9.47 Å². The largest absolute Gasteiger partial charge is 0.352 e. The number of nitrogens with one attached hydrogen (secondary N) is 1. The maximum Gasteiger partial charge on any atom is 0.242 e. The molecule has 1 aromatic carbocycles. The first-order valence-electron chi connectivity index (χ1n) is 10.0. The lowest BCUT2D eigenvalue weighted by molar-refractivity contribution is -0.189. The molecule has 0 bridgehead atoms. The van der Waals surface area contributed by atoms with Gasteiger partial charge in [-0.25, -0.2) is 0 Å². The first kappa shape index (κ1) is 18.0. The van der Waals surface area contributed by atoms with Crippen LogP contribution >= 0.6 is 0 Å². The lowest BCUT2D eigenvalue weighted by Crippen LogP contribution is -2.50. The van der Waals surface area contributed by atoms with E-state index in [2.05, 4.69) is 41.4 Å². The smallest absolute Gasteiger partial charge is 0.242 e. The molecule has 2 saturated heterocycles. The third-order valence-electron chi connectivity index (χ3n) is 6.08. The van der Waals surface area contributed by atoms with Crippen LogP contribution in [0.4, 0.5) is 0 Å². The summed E-state index contributed by atoms with van der Waals surface area (Å²) in [5.41, 5.74) is 2.30. The normalized spacial score (nSPS) is 24.8. The summed E-state index contributed by atoms with van der Waals surface area (Å²) >= 11 is 0. The highest BCUT2D eigenvalue weighted by atomic mass is 16.7. The summed E-state index contributed by atoms with van der Waals surface area (Å²) in [6.07, 6.45) is 6.31. The Labute approximate surface area is 156 Å². The van der Waals surface area contributed by atoms with Gasteiger partial charge in [0.1, 0.15) is 6.04 Å². The van der Waals surface area contributed by atoms with Gasteiger partial charge in [0.05, 0.1) is 13.2 Å². The van der Waals surface area contributed by atoms with E-state index in [1.165, 1.54) is 18.4 Å². The lowest BCUT2D eigenvalue weighted by Gasteiger charge is -2.41. The van der Waals surface area contributed by atoms with E-state index in [0.717, 1.165) is 44.3 Å². The molecule has 26 heavy (non-hydrogen) atoms. The van der Waals surface area contributed by atoms with E-state index in [1.807, 2.05) is 0 Å². The topological polar surface area (TPSA) is 50.8 Å². The number of aryl methyl sites for hydroxylation is 1. The average molecular weight is 358 g/mol. The van der Waals surface area contributed by atoms with Gasteiger partial charge in [0.15, 0.2) is 5.79 Å². The highest BCUT2D eigenvalue weighted by Gasteiger charge is 2.42. The molecule has 4 rings (SSSR count). The number of carbonyl (C=O) groups is 1. The monoisotopic (exact) mass is 358 g/mol. The second-order valence-electron chi connectivity index (χ2n) is 7.95. The second-order valence-corrected chi connectivity index (χ2v) is 7.95. The zero-order chi connectivity index (χ0) is 18.0. The first-order valence-corrected chi connectivity index (χ1v) is 10.0. The number of hydrogen-bond donors (Lipinski definition) is 1. The van der Waals surface area contributed by atoms with Crippen LogP contribution in [-0.4, -0.2) is 48.9 Å². The second kappa shape index (κ2) is 7.67. The number of carbonyl (C=O) groups excluding carboxylic acids is 1. The third-order valence-corrected chi connectivity index (χ3v) is 6.08. The van der Waals surface area contributed by atoms with Gasteiger partial charge in [0, 0.05) is 32.0 Å². The van der Waals surface area contributed by atoms with E-state index in [-0.39, 0.29) is 11.9 Å². The van der Waals surface area contributed by atoms with Gasteiger partial charge in [0.2, 0.25) is 5.91 Å². The van der Waals surface area contributed by atoms with Crippen LogP contribution in [0.1, 0.15) is 55.7 Å². The van der Waals surface area contributed by atoms with Crippen molar-refractivity contribution >= 4 is 5.91 Å². The maximum absolute atomic E-state index is 13.2. The fourth-order valence-electron chi connectivity index (χ4n) is 4.54. The van der Waals surface area contributed by atoms with Gasteiger partial charge in [-0.05, 0) is 25.3 Å². The molecule has 2 heterocycles. The van der Waals surface area contributed by atoms with Crippen LogP contribution in [0, 0.1) is 6.92 Å². The minimum atomic E-state index is -0.406. The standard InChI is InChI=1S/C21H30N2O3/c1-16-6-8-17(9-7-16)19(20(24)22-18-4-2-3-5-18)23-12-10-21(11-13-23)25-14-15-26-21/h6-9,18-19H,2-5,10-15H2,1H3,(H,22,24)/t19-/m1/s1. The van der Waals surface area contributed by atoms with Gasteiger partial charge in [-0.15, -0.1) is 0 Å². The molecule has 142 valence electrons. The van der Waals surface area contributed by atoms with Crippen molar-refractivity contribution in [2.75, 3.05) is 26.3 Å². The third kappa shape index (κ3) is 3.80. The van der Waals surface area contributed by atoms with E-state index in [0.29, 0.717) is 19.3 Å². The van der Waals surface area contributed by atoms with Crippen LogP contribution in [0.2, 0.25) is 0 Å². The van der Waals surface area contributed by atoms with Gasteiger partial charge in [-0.2, -0.15) is 0 Å². The molecule has 2 aliphatic heterocycles. The van der Waals surface area contributed by atoms with Crippen molar-refractivity contribution in [3.05, 3.63) is 35.4 Å². The van der Waals surface area contributed by atoms with Crippen LogP contribution in [0.5, 0.6) is 0 Å². The Morgan fingerprint density at radius 3 is 2.35 bits per heavy atom. The van der Waals surface area contributed by atoms with Crippen molar-refractivity contribution in [3.63, 3.8) is 0 Å². The van der Waals surface area contributed by atoms with Crippen LogP contribution in [-0.2, 0) is 14.3 Å². The quantitative estimate of drug-likeness (QED) is 0.899. The van der Waals surface area contributed by atoms with Crippen LogP contribution in [0.15, 0.2) is 24.3 Å². The number of rotatable bonds is 4. The van der Waals surface area contributed by atoms with Crippen LogP contribution in [0.25, 0.3) is 0 Å². The molecular weight excluding hydrogens is 328 g/mol. The van der Waals surface area contributed by atoms with Gasteiger partial charge in [0.25, 0.3) is 0 Å². The molecule has 1 aliphatic carbocycles. The highest BCUT2D eigenvalue weighted by Crippen LogP contribution is 2.35. The van der Waals surface area contributed by atoms with Crippen molar-refractivity contribution in [1.29, 1.82) is 0 Å². The summed E-state index contributed by atoms with van der Waals surface area (Å²) in [5, 5.41) is 3.31. The Hall–Kier alpha value is -1.43. The number of ether oxygens (including phenoxy) is 2. The minimum absolute atomic E-state index is 0.143. The molecule has 5 heteroatoms. The predicted molar refractivity (Wildman–Crippen MR) is 99.8 cm³/mol. The predicted octanol–water partition coefficient (Wildman–Crippen LogP) is 2.93. The SMILES string of the molecule is Cc1ccc([C@H](C(=O)NC2CCCC2)N2CCC3(CC2)OCCO3)cc1. The van der Waals surface area contributed by atoms with Crippen molar-refractivity contribution in [1.82, 2.24) is 10.2 Å². The zero-order valence-corrected chi connectivity index (χ0v) is 15.7. The average Bonchev–Trinajstić information content (AvgIpc) is 3.31. The summed E-state index contributed by atoms with van der Waals surface area (Å²) < 4.78 is 11.7. The molecule has 0 radical (unpaired) electrons. The van der Waals surface area contributed by atoms with Gasteiger partial charge in [-0.3, -0.25) is 9.69 Å². The van der Waals surface area contributed by atoms with Crippen molar-refractivity contribution in [2.45, 2.75) is 63.3 Å². The van der Waals surface area contributed by atoms with E-state index >= 15 is 0 Å². The molecule has 3 fully saturated rings. The Morgan fingerprint density at radius 2 is 1.73 bits per heavy atom. The van der Waals surface area contributed by atoms with E-state index < -0.39 is 5.79 Å². The Balaban J connectivity index is 1.50. The Morgan fingerprint density at radius 1 is 1.12 bits per heavy atom. The van der Waals surface area contributed by atoms with E-state index in [9.17, 15) is 4.79 Å². The van der Waals surface area contributed by atoms with Crippen LogP contribution < -0.4 is 5.32 Å². The molecule has 0 unspecified atom stereocenters. The summed E-state index contributed by atoms with van der Waals surface area (Å²) in [4.78, 5) is 15.5. The number of hydrogen-bond acceptors (Lipinski definition) is 4. The summed E-state index contributed by atoms with van der Waals surface area (Å²) in [6, 6.07) is 8.50. The molecule has 3 aliphatic rings. The summed E-state index contributed by atoms with van der Waals surface area (Å²) in [5.74, 6) is -0.263. The molecule has 1 saturated carbocycles. The molecule has 5 nitrogen and oxygen atoms in total. The van der Waals surface area contributed by atoms with Crippen molar-refractivity contribution in [2.24, 2.45) is 0 Å². The molecular formula is C21H30N2O3. The fraction of sp³-hybridized carbons (Fsp3) is 0.667. The fourth-order valence-corrected chi connectivity index (χ4v) is 4.54. The van der Waals surface area contributed by atoms with Crippen molar-refractivity contribution in [3.8, 4) is 0 Å².